The number of ether oxygens (including phenoxy) is 1. The van der Waals surface area contributed by atoms with Crippen LogP contribution in [0.5, 0.6) is 5.75 Å². The Kier molecular flexibility index (Phi) is 8.04. The zero-order chi connectivity index (χ0) is 21.6. The quantitative estimate of drug-likeness (QED) is 0.527. The van der Waals surface area contributed by atoms with Gasteiger partial charge in [0.25, 0.3) is 0 Å². The fourth-order valence-electron chi connectivity index (χ4n) is 3.48. The third-order valence-corrected chi connectivity index (χ3v) is 5.80. The van der Waals surface area contributed by atoms with Crippen LogP contribution >= 0.6 is 0 Å². The van der Waals surface area contributed by atoms with Crippen molar-refractivity contribution in [2.75, 3.05) is 6.61 Å². The molecule has 3 nitrogen and oxygen atoms in total. The lowest BCUT2D eigenvalue weighted by Gasteiger charge is -2.26. The Morgan fingerprint density at radius 2 is 1.79 bits per heavy atom. The smallest absolute Gasteiger partial charge is 0.150 e. The molecule has 2 aromatic carbocycles. The molecule has 1 N–H and O–H groups in total. The molecular formula is C26H36O3. The summed E-state index contributed by atoms with van der Waals surface area (Å²) in [6.45, 7) is 12.6. The van der Waals surface area contributed by atoms with Crippen molar-refractivity contribution in [2.24, 2.45) is 5.41 Å². The van der Waals surface area contributed by atoms with Crippen LogP contribution in [0.15, 0.2) is 36.4 Å². The number of carbonyl (C=O) groups is 1. The number of aryl methyl sites for hydroxylation is 3. The summed E-state index contributed by atoms with van der Waals surface area (Å²) in [5.74, 6) is 1.32. The lowest BCUT2D eigenvalue weighted by molar-refractivity contribution is 0.0216. The largest absolute Gasteiger partial charge is 0.491 e. The first-order chi connectivity index (χ1) is 13.7. The molecule has 0 amide bonds. The van der Waals surface area contributed by atoms with Crippen molar-refractivity contribution in [3.05, 3.63) is 64.2 Å². The molecule has 0 aromatic heterocycles. The van der Waals surface area contributed by atoms with Crippen LogP contribution in [0.4, 0.5) is 0 Å². The molecule has 0 aliphatic carbocycles. The number of hydrogen-bond donors (Lipinski definition) is 1. The van der Waals surface area contributed by atoms with Crippen molar-refractivity contribution >= 4 is 6.29 Å². The maximum Gasteiger partial charge on any atom is 0.150 e. The number of hydrogen-bond acceptors (Lipinski definition) is 3. The molecule has 2 aromatic rings. The topological polar surface area (TPSA) is 46.5 Å². The minimum atomic E-state index is -0.499. The summed E-state index contributed by atoms with van der Waals surface area (Å²) in [6, 6.07) is 12.5. The summed E-state index contributed by atoms with van der Waals surface area (Å²) >= 11 is 0. The molecule has 3 heteroatoms. The van der Waals surface area contributed by atoms with Gasteiger partial charge in [-0.25, -0.2) is 0 Å². The van der Waals surface area contributed by atoms with Crippen LogP contribution in [0.3, 0.4) is 0 Å². The summed E-state index contributed by atoms with van der Waals surface area (Å²) in [4.78, 5) is 11.1. The fourth-order valence-corrected chi connectivity index (χ4v) is 3.48. The molecule has 0 spiro atoms. The van der Waals surface area contributed by atoms with Crippen LogP contribution in [-0.2, 0) is 6.42 Å². The molecule has 0 heterocycles. The van der Waals surface area contributed by atoms with Crippen LogP contribution in [0.25, 0.3) is 0 Å². The van der Waals surface area contributed by atoms with Gasteiger partial charge in [0, 0.05) is 5.56 Å². The SMILES string of the molecule is CCC(CCc1ccc(OCC(O)C(C)(C)C)c(C)c1)c1ccc(C=O)c(C)c1. The molecule has 0 saturated carbocycles. The van der Waals surface area contributed by atoms with Crippen molar-refractivity contribution < 1.29 is 14.6 Å². The van der Waals surface area contributed by atoms with E-state index in [0.29, 0.717) is 12.5 Å². The third-order valence-electron chi connectivity index (χ3n) is 5.80. The summed E-state index contributed by atoms with van der Waals surface area (Å²) in [5, 5.41) is 10.2. The Hall–Kier alpha value is -2.13. The number of benzene rings is 2. The summed E-state index contributed by atoms with van der Waals surface area (Å²) in [6.07, 6.45) is 3.57. The van der Waals surface area contributed by atoms with E-state index in [1.54, 1.807) is 0 Å². The van der Waals surface area contributed by atoms with Gasteiger partial charge >= 0.3 is 0 Å². The normalized spacial score (nSPS) is 13.8. The molecule has 0 radical (unpaired) electrons. The summed E-state index contributed by atoms with van der Waals surface area (Å²) in [7, 11) is 0. The Bertz CT molecular complexity index is 817. The van der Waals surface area contributed by atoms with E-state index in [4.69, 9.17) is 4.74 Å². The highest BCUT2D eigenvalue weighted by atomic mass is 16.5. The molecule has 158 valence electrons. The van der Waals surface area contributed by atoms with E-state index in [-0.39, 0.29) is 5.41 Å². The molecular weight excluding hydrogens is 360 g/mol. The Morgan fingerprint density at radius 1 is 1.07 bits per heavy atom. The molecule has 0 aliphatic heterocycles. The lowest BCUT2D eigenvalue weighted by Crippen LogP contribution is -2.32. The first kappa shape index (κ1) is 23.2. The van der Waals surface area contributed by atoms with Gasteiger partial charge in [0.2, 0.25) is 0 Å². The first-order valence-electron chi connectivity index (χ1n) is 10.6. The van der Waals surface area contributed by atoms with Gasteiger partial charge in [0.05, 0.1) is 6.10 Å². The average molecular weight is 397 g/mol. The van der Waals surface area contributed by atoms with E-state index in [2.05, 4.69) is 38.1 Å². The van der Waals surface area contributed by atoms with Crippen molar-refractivity contribution in [3.63, 3.8) is 0 Å². The highest BCUT2D eigenvalue weighted by Crippen LogP contribution is 2.28. The fraction of sp³-hybridized carbons (Fsp3) is 0.500. The zero-order valence-electron chi connectivity index (χ0n) is 18.8. The molecule has 0 bridgehead atoms. The zero-order valence-corrected chi connectivity index (χ0v) is 18.8. The number of aliphatic hydroxyl groups is 1. The van der Waals surface area contributed by atoms with Gasteiger partial charge in [-0.3, -0.25) is 4.79 Å². The second-order valence-corrected chi connectivity index (χ2v) is 9.17. The van der Waals surface area contributed by atoms with Crippen LogP contribution < -0.4 is 4.74 Å². The molecule has 0 aliphatic rings. The third kappa shape index (κ3) is 6.43. The van der Waals surface area contributed by atoms with Gasteiger partial charge in [0.15, 0.2) is 0 Å². The number of aldehydes is 1. The lowest BCUT2D eigenvalue weighted by atomic mass is 9.88. The maximum atomic E-state index is 11.1. The Morgan fingerprint density at radius 3 is 2.34 bits per heavy atom. The van der Waals surface area contributed by atoms with E-state index in [1.165, 1.54) is 11.1 Å². The van der Waals surface area contributed by atoms with Crippen LogP contribution in [-0.4, -0.2) is 24.1 Å². The van der Waals surface area contributed by atoms with Crippen molar-refractivity contribution in [3.8, 4) is 5.75 Å². The van der Waals surface area contributed by atoms with Crippen molar-refractivity contribution in [1.82, 2.24) is 0 Å². The van der Waals surface area contributed by atoms with Gasteiger partial charge in [-0.1, -0.05) is 58.0 Å². The van der Waals surface area contributed by atoms with Gasteiger partial charge in [0.1, 0.15) is 18.6 Å². The summed E-state index contributed by atoms with van der Waals surface area (Å²) in [5.41, 5.74) is 5.33. The minimum absolute atomic E-state index is 0.189. The van der Waals surface area contributed by atoms with E-state index in [1.807, 2.05) is 39.8 Å². The van der Waals surface area contributed by atoms with Crippen molar-refractivity contribution in [2.45, 2.75) is 72.8 Å². The maximum absolute atomic E-state index is 11.1. The summed E-state index contributed by atoms with van der Waals surface area (Å²) < 4.78 is 5.85. The van der Waals surface area contributed by atoms with Gasteiger partial charge in [-0.15, -0.1) is 0 Å². The highest BCUT2D eigenvalue weighted by Gasteiger charge is 2.22. The predicted molar refractivity (Wildman–Crippen MR) is 120 cm³/mol. The number of aliphatic hydroxyl groups excluding tert-OH is 1. The molecule has 29 heavy (non-hydrogen) atoms. The molecule has 2 atom stereocenters. The Labute approximate surface area is 176 Å². The van der Waals surface area contributed by atoms with Crippen LogP contribution in [0.1, 0.15) is 79.1 Å². The predicted octanol–water partition coefficient (Wildman–Crippen LogP) is 6.03. The molecule has 2 unspecified atom stereocenters. The molecule has 0 saturated heterocycles. The van der Waals surface area contributed by atoms with E-state index < -0.39 is 6.10 Å². The van der Waals surface area contributed by atoms with Gasteiger partial charge in [-0.05, 0) is 72.8 Å². The van der Waals surface area contributed by atoms with Crippen LogP contribution in [0, 0.1) is 19.3 Å². The second kappa shape index (κ2) is 10.1. The van der Waals surface area contributed by atoms with Crippen molar-refractivity contribution in [1.29, 1.82) is 0 Å². The minimum Gasteiger partial charge on any atom is -0.491 e. The molecule has 2 rings (SSSR count). The monoisotopic (exact) mass is 396 g/mol. The number of rotatable bonds is 9. The van der Waals surface area contributed by atoms with Crippen LogP contribution in [0.2, 0.25) is 0 Å². The van der Waals surface area contributed by atoms with E-state index in [9.17, 15) is 9.90 Å². The van der Waals surface area contributed by atoms with Gasteiger partial charge in [-0.2, -0.15) is 0 Å². The Balaban J connectivity index is 2.00. The standard InChI is InChI=1S/C26H36O3/c1-7-21(22-11-12-23(16-27)18(2)15-22)10-8-20-9-13-24(19(3)14-20)29-17-25(28)26(4,5)6/h9,11-16,21,25,28H,7-8,10,17H2,1-6H3. The second-order valence-electron chi connectivity index (χ2n) is 9.17. The van der Waals surface area contributed by atoms with E-state index >= 15 is 0 Å². The van der Waals surface area contributed by atoms with E-state index in [0.717, 1.165) is 48.0 Å². The first-order valence-corrected chi connectivity index (χ1v) is 10.6. The number of carbonyl (C=O) groups excluding carboxylic acids is 1. The molecule has 0 fully saturated rings. The average Bonchev–Trinajstić information content (AvgIpc) is 2.67. The highest BCUT2D eigenvalue weighted by molar-refractivity contribution is 5.77. The van der Waals surface area contributed by atoms with Gasteiger partial charge < -0.3 is 9.84 Å².